The van der Waals surface area contributed by atoms with E-state index >= 15 is 0 Å². The van der Waals surface area contributed by atoms with Gasteiger partial charge < -0.3 is 16.5 Å². The number of anilines is 1. The Morgan fingerprint density at radius 3 is 2.27 bits per heavy atom. The summed E-state index contributed by atoms with van der Waals surface area (Å²) in [5, 5.41) is 0. The normalized spacial score (nSPS) is 12.1. The zero-order chi connectivity index (χ0) is 11.8. The third-order valence-electron chi connectivity index (χ3n) is 2.17. The fraction of sp³-hybridized carbons (Fsp3) is 0.600. The van der Waals surface area contributed by atoms with Crippen molar-refractivity contribution in [3.63, 3.8) is 0 Å². The number of rotatable bonds is 2. The molecule has 0 aliphatic heterocycles. The highest BCUT2D eigenvalue weighted by Gasteiger charge is 2.20. The van der Waals surface area contributed by atoms with Gasteiger partial charge in [0.15, 0.2) is 0 Å². The Bertz CT molecular complexity index is 414. The number of nitrogen functional groups attached to an aromatic ring is 1. The van der Waals surface area contributed by atoms with Gasteiger partial charge in [-0.05, 0) is 19.8 Å². The van der Waals surface area contributed by atoms with Gasteiger partial charge in [0.1, 0.15) is 11.6 Å². The maximum absolute atomic E-state index is 11.7. The van der Waals surface area contributed by atoms with Crippen LogP contribution in [-0.2, 0) is 5.54 Å². The fourth-order valence-electron chi connectivity index (χ4n) is 1.36. The van der Waals surface area contributed by atoms with Gasteiger partial charge in [0, 0.05) is 0 Å². The highest BCUT2D eigenvalue weighted by atomic mass is 16.1. The second-order valence-electron chi connectivity index (χ2n) is 4.59. The molecule has 1 aromatic heterocycles. The van der Waals surface area contributed by atoms with Crippen molar-refractivity contribution >= 4 is 5.82 Å². The minimum absolute atomic E-state index is 0.0520. The van der Waals surface area contributed by atoms with Crippen molar-refractivity contribution in [3.8, 4) is 0 Å². The molecule has 0 fully saturated rings. The summed E-state index contributed by atoms with van der Waals surface area (Å²) < 4.78 is 0. The lowest BCUT2D eigenvalue weighted by molar-refractivity contribution is 0.511. The number of hydrogen-bond acceptors (Lipinski definition) is 4. The van der Waals surface area contributed by atoms with E-state index in [2.05, 4.69) is 9.97 Å². The molecule has 15 heavy (non-hydrogen) atoms. The van der Waals surface area contributed by atoms with Crippen molar-refractivity contribution < 1.29 is 0 Å². The van der Waals surface area contributed by atoms with E-state index in [0.717, 1.165) is 0 Å². The Balaban J connectivity index is 3.39. The minimum atomic E-state index is -0.692. The van der Waals surface area contributed by atoms with E-state index in [1.165, 1.54) is 0 Å². The zero-order valence-corrected chi connectivity index (χ0v) is 9.59. The highest BCUT2D eigenvalue weighted by Crippen LogP contribution is 2.18. The molecule has 1 heterocycles. The minimum Gasteiger partial charge on any atom is -0.383 e. The summed E-state index contributed by atoms with van der Waals surface area (Å²) in [7, 11) is 0. The number of nitrogens with one attached hydrogen (secondary N) is 1. The topological polar surface area (TPSA) is 97.8 Å². The second-order valence-corrected chi connectivity index (χ2v) is 4.59. The molecule has 0 bridgehead atoms. The summed E-state index contributed by atoms with van der Waals surface area (Å²) >= 11 is 0. The molecule has 0 atom stereocenters. The largest absolute Gasteiger partial charge is 0.383 e. The lowest BCUT2D eigenvalue weighted by Gasteiger charge is -2.19. The molecular weight excluding hydrogens is 192 g/mol. The van der Waals surface area contributed by atoms with E-state index < -0.39 is 5.54 Å². The first-order valence-corrected chi connectivity index (χ1v) is 4.92. The van der Waals surface area contributed by atoms with Gasteiger partial charge in [0.05, 0.1) is 11.1 Å². The maximum Gasteiger partial charge on any atom is 0.256 e. The number of nitrogens with two attached hydrogens (primary N) is 2. The number of aromatic nitrogens is 2. The first-order valence-electron chi connectivity index (χ1n) is 4.92. The van der Waals surface area contributed by atoms with Crippen LogP contribution < -0.4 is 17.0 Å². The van der Waals surface area contributed by atoms with Gasteiger partial charge in [-0.2, -0.15) is 0 Å². The van der Waals surface area contributed by atoms with Crippen LogP contribution in [0.25, 0.3) is 0 Å². The third-order valence-corrected chi connectivity index (χ3v) is 2.17. The second kappa shape index (κ2) is 3.66. The average Bonchev–Trinajstić information content (AvgIpc) is 1.99. The molecule has 0 aliphatic carbocycles. The molecule has 5 N–H and O–H groups in total. The van der Waals surface area contributed by atoms with Crippen molar-refractivity contribution in [2.24, 2.45) is 5.73 Å². The van der Waals surface area contributed by atoms with Crippen LogP contribution in [0.2, 0.25) is 0 Å². The molecule has 0 saturated heterocycles. The van der Waals surface area contributed by atoms with Gasteiger partial charge in [-0.25, -0.2) is 4.98 Å². The van der Waals surface area contributed by atoms with Crippen LogP contribution in [0.4, 0.5) is 5.82 Å². The van der Waals surface area contributed by atoms with Crippen molar-refractivity contribution in [2.75, 3.05) is 5.73 Å². The predicted molar refractivity (Wildman–Crippen MR) is 60.6 cm³/mol. The quantitative estimate of drug-likeness (QED) is 0.668. The summed E-state index contributed by atoms with van der Waals surface area (Å²) in [4.78, 5) is 18.5. The van der Waals surface area contributed by atoms with Crippen LogP contribution >= 0.6 is 0 Å². The van der Waals surface area contributed by atoms with E-state index in [4.69, 9.17) is 11.5 Å². The van der Waals surface area contributed by atoms with Gasteiger partial charge in [-0.15, -0.1) is 0 Å². The Hall–Kier alpha value is -1.36. The molecule has 0 aromatic carbocycles. The van der Waals surface area contributed by atoms with Crippen molar-refractivity contribution in [3.05, 3.63) is 21.7 Å². The van der Waals surface area contributed by atoms with Crippen LogP contribution in [0.5, 0.6) is 0 Å². The molecule has 0 unspecified atom stereocenters. The third kappa shape index (κ3) is 2.36. The Morgan fingerprint density at radius 1 is 1.40 bits per heavy atom. The molecule has 0 radical (unpaired) electrons. The number of nitrogens with zero attached hydrogens (tertiary/aromatic N) is 1. The summed E-state index contributed by atoms with van der Waals surface area (Å²) in [6.07, 6.45) is 0. The van der Waals surface area contributed by atoms with Gasteiger partial charge in [0.2, 0.25) is 0 Å². The zero-order valence-electron chi connectivity index (χ0n) is 9.59. The monoisotopic (exact) mass is 210 g/mol. The molecular formula is C10H18N4O. The Kier molecular flexibility index (Phi) is 2.86. The van der Waals surface area contributed by atoms with Crippen LogP contribution in [0, 0.1) is 0 Å². The van der Waals surface area contributed by atoms with E-state index in [9.17, 15) is 4.79 Å². The molecule has 0 saturated carbocycles. The number of aromatic amines is 1. The van der Waals surface area contributed by atoms with Crippen molar-refractivity contribution in [1.29, 1.82) is 0 Å². The highest BCUT2D eigenvalue weighted by molar-refractivity contribution is 5.40. The van der Waals surface area contributed by atoms with Gasteiger partial charge in [-0.3, -0.25) is 4.79 Å². The van der Waals surface area contributed by atoms with Gasteiger partial charge in [0.25, 0.3) is 5.56 Å². The first-order chi connectivity index (χ1) is 6.73. The standard InChI is InChI=1S/C10H18N4O/c1-5(2)6-7(11)13-9(10(3,4)12)14-8(6)15/h5H,12H2,1-4H3,(H3,11,13,14,15). The molecule has 0 aliphatic rings. The lowest BCUT2D eigenvalue weighted by Crippen LogP contribution is -2.35. The van der Waals surface area contributed by atoms with Crippen LogP contribution in [0.15, 0.2) is 4.79 Å². The Morgan fingerprint density at radius 2 is 1.93 bits per heavy atom. The predicted octanol–water partition coefficient (Wildman–Crippen LogP) is 0.669. The lowest BCUT2D eigenvalue weighted by atomic mass is 10.0. The maximum atomic E-state index is 11.7. The van der Waals surface area contributed by atoms with E-state index in [-0.39, 0.29) is 17.3 Å². The smallest absolute Gasteiger partial charge is 0.256 e. The van der Waals surface area contributed by atoms with E-state index in [0.29, 0.717) is 11.4 Å². The molecule has 5 nitrogen and oxygen atoms in total. The number of H-pyrrole nitrogens is 1. The summed E-state index contributed by atoms with van der Waals surface area (Å²) in [5.74, 6) is 0.730. The molecule has 84 valence electrons. The van der Waals surface area contributed by atoms with E-state index in [1.807, 2.05) is 13.8 Å². The van der Waals surface area contributed by atoms with Crippen LogP contribution in [-0.4, -0.2) is 9.97 Å². The van der Waals surface area contributed by atoms with E-state index in [1.54, 1.807) is 13.8 Å². The van der Waals surface area contributed by atoms with Crippen molar-refractivity contribution in [1.82, 2.24) is 9.97 Å². The van der Waals surface area contributed by atoms with Crippen molar-refractivity contribution in [2.45, 2.75) is 39.2 Å². The summed E-state index contributed by atoms with van der Waals surface area (Å²) in [6, 6.07) is 0. The first kappa shape index (κ1) is 11.7. The number of hydrogen-bond donors (Lipinski definition) is 3. The Labute approximate surface area is 88.9 Å². The van der Waals surface area contributed by atoms with Gasteiger partial charge in [-0.1, -0.05) is 13.8 Å². The van der Waals surface area contributed by atoms with Crippen LogP contribution in [0.1, 0.15) is 45.0 Å². The molecule has 0 spiro atoms. The molecule has 5 heteroatoms. The molecule has 0 amide bonds. The fourth-order valence-corrected chi connectivity index (χ4v) is 1.36. The summed E-state index contributed by atoms with van der Waals surface area (Å²) in [6.45, 7) is 7.32. The average molecular weight is 210 g/mol. The van der Waals surface area contributed by atoms with Crippen LogP contribution in [0.3, 0.4) is 0 Å². The van der Waals surface area contributed by atoms with Gasteiger partial charge >= 0.3 is 0 Å². The summed E-state index contributed by atoms with van der Waals surface area (Å²) in [5.41, 5.74) is 11.2. The molecule has 1 aromatic rings. The SMILES string of the molecule is CC(C)c1c(N)nc(C(C)(C)N)[nH]c1=O. The molecule has 1 rings (SSSR count).